The molecule has 1 unspecified atom stereocenters. The second kappa shape index (κ2) is 5.54. The Morgan fingerprint density at radius 1 is 1.38 bits per heavy atom. The van der Waals surface area contributed by atoms with Crippen LogP contribution in [0.25, 0.3) is 0 Å². The molecule has 2 N–H and O–H groups in total. The molecule has 21 heavy (non-hydrogen) atoms. The highest BCUT2D eigenvalue weighted by atomic mass is 35.5. The highest BCUT2D eigenvalue weighted by molar-refractivity contribution is 7.89. The van der Waals surface area contributed by atoms with Gasteiger partial charge in [0.1, 0.15) is 4.90 Å². The fourth-order valence-corrected chi connectivity index (χ4v) is 5.22. The summed E-state index contributed by atoms with van der Waals surface area (Å²) >= 11 is 6.09. The summed E-state index contributed by atoms with van der Waals surface area (Å²) in [5.74, 6) is 0. The molecule has 0 bridgehead atoms. The zero-order valence-corrected chi connectivity index (χ0v) is 13.7. The van der Waals surface area contributed by atoms with Crippen molar-refractivity contribution >= 4 is 21.6 Å². The van der Waals surface area contributed by atoms with E-state index in [4.69, 9.17) is 11.6 Å². The van der Waals surface area contributed by atoms with E-state index in [1.165, 1.54) is 6.42 Å². The molecule has 2 fully saturated rings. The van der Waals surface area contributed by atoms with Gasteiger partial charge in [0.15, 0.2) is 0 Å². The van der Waals surface area contributed by atoms with E-state index < -0.39 is 10.0 Å². The molecule has 1 aliphatic carbocycles. The molecule has 1 heterocycles. The fraction of sp³-hybridized carbons (Fsp3) is 0.600. The second-order valence-corrected chi connectivity index (χ2v) is 8.40. The van der Waals surface area contributed by atoms with Gasteiger partial charge in [0.25, 0.3) is 0 Å². The predicted molar refractivity (Wildman–Crippen MR) is 84.1 cm³/mol. The number of nitrogens with one attached hydrogen (secondary N) is 2. The number of halogens is 1. The molecular formula is C15H21ClN2O2S. The molecule has 0 aromatic heterocycles. The molecule has 1 atom stereocenters. The lowest BCUT2D eigenvalue weighted by atomic mass is 9.70. The molecule has 1 aliphatic heterocycles. The first kappa shape index (κ1) is 15.3. The number of hydrogen-bond acceptors (Lipinski definition) is 3. The van der Waals surface area contributed by atoms with E-state index in [2.05, 4.69) is 10.0 Å². The van der Waals surface area contributed by atoms with E-state index >= 15 is 0 Å². The minimum absolute atomic E-state index is 0.00563. The molecule has 1 saturated carbocycles. The lowest BCUT2D eigenvalue weighted by Gasteiger charge is -2.48. The van der Waals surface area contributed by atoms with Crippen molar-refractivity contribution in [3.63, 3.8) is 0 Å². The van der Waals surface area contributed by atoms with Crippen LogP contribution in [0, 0.1) is 6.92 Å². The van der Waals surface area contributed by atoms with Crippen LogP contribution in [0.3, 0.4) is 0 Å². The predicted octanol–water partition coefficient (Wildman–Crippen LogP) is 2.60. The van der Waals surface area contributed by atoms with Gasteiger partial charge in [-0.3, -0.25) is 0 Å². The van der Waals surface area contributed by atoms with Gasteiger partial charge in [0.2, 0.25) is 10.0 Å². The van der Waals surface area contributed by atoms with Gasteiger partial charge >= 0.3 is 0 Å². The van der Waals surface area contributed by atoms with E-state index in [0.29, 0.717) is 0 Å². The van der Waals surface area contributed by atoms with Crippen LogP contribution in [0.1, 0.15) is 37.7 Å². The lowest BCUT2D eigenvalue weighted by molar-refractivity contribution is 0.126. The van der Waals surface area contributed by atoms with Crippen LogP contribution < -0.4 is 10.0 Å². The Morgan fingerprint density at radius 3 is 2.76 bits per heavy atom. The van der Waals surface area contributed by atoms with Crippen LogP contribution in [0.5, 0.6) is 0 Å². The highest BCUT2D eigenvalue weighted by Crippen LogP contribution is 2.38. The van der Waals surface area contributed by atoms with E-state index in [1.54, 1.807) is 18.2 Å². The summed E-state index contributed by atoms with van der Waals surface area (Å²) in [5.41, 5.74) is 1.12. The number of rotatable bonds is 3. The Morgan fingerprint density at radius 2 is 2.14 bits per heavy atom. The summed E-state index contributed by atoms with van der Waals surface area (Å²) in [4.78, 5) is 0.177. The zero-order valence-electron chi connectivity index (χ0n) is 12.2. The normalized spacial score (nSPS) is 24.8. The van der Waals surface area contributed by atoms with Crippen molar-refractivity contribution in [3.05, 3.63) is 28.8 Å². The van der Waals surface area contributed by atoms with Gasteiger partial charge in [-0.2, -0.15) is 0 Å². The SMILES string of the molecule is Cc1ccc(S(=O)(=O)NC2CCNC3(CCC3)C2)c(Cl)c1. The fourth-order valence-electron chi connectivity index (χ4n) is 3.35. The molecular weight excluding hydrogens is 308 g/mol. The average molecular weight is 329 g/mol. The van der Waals surface area contributed by atoms with Crippen LogP contribution in [0.15, 0.2) is 23.1 Å². The molecule has 1 aromatic carbocycles. The Kier molecular flexibility index (Phi) is 4.03. The molecule has 1 spiro atoms. The minimum atomic E-state index is -3.55. The van der Waals surface area contributed by atoms with Crippen molar-refractivity contribution in [1.29, 1.82) is 0 Å². The third-order valence-electron chi connectivity index (χ3n) is 4.64. The second-order valence-electron chi connectivity index (χ2n) is 6.31. The van der Waals surface area contributed by atoms with Crippen LogP contribution in [0.4, 0.5) is 0 Å². The molecule has 1 saturated heterocycles. The van der Waals surface area contributed by atoms with Crippen molar-refractivity contribution in [2.75, 3.05) is 6.54 Å². The van der Waals surface area contributed by atoms with E-state index in [1.807, 2.05) is 6.92 Å². The van der Waals surface area contributed by atoms with Crippen molar-refractivity contribution in [1.82, 2.24) is 10.0 Å². The number of sulfonamides is 1. The Hall–Kier alpha value is -0.620. The molecule has 4 nitrogen and oxygen atoms in total. The molecule has 2 aliphatic rings. The van der Waals surface area contributed by atoms with Crippen molar-refractivity contribution in [2.24, 2.45) is 0 Å². The number of aryl methyl sites for hydroxylation is 1. The number of benzene rings is 1. The first-order chi connectivity index (χ1) is 9.90. The van der Waals surface area contributed by atoms with Crippen LogP contribution in [-0.2, 0) is 10.0 Å². The lowest BCUT2D eigenvalue weighted by Crippen LogP contribution is -2.59. The maximum atomic E-state index is 12.5. The summed E-state index contributed by atoms with van der Waals surface area (Å²) in [5, 5.41) is 3.83. The standard InChI is InChI=1S/C15H21ClN2O2S/c1-11-3-4-14(13(16)9-11)21(19,20)18-12-5-8-17-15(10-12)6-2-7-15/h3-4,9,12,17-18H,2,5-8,10H2,1H3. The Balaban J connectivity index is 1.76. The molecule has 0 radical (unpaired) electrons. The monoisotopic (exact) mass is 328 g/mol. The Bertz CT molecular complexity index is 641. The van der Waals surface area contributed by atoms with Gasteiger partial charge in [0.05, 0.1) is 5.02 Å². The maximum Gasteiger partial charge on any atom is 0.242 e. The van der Waals surface area contributed by atoms with Gasteiger partial charge in [-0.05, 0) is 63.3 Å². The summed E-state index contributed by atoms with van der Waals surface area (Å²) in [6, 6.07) is 5.04. The first-order valence-electron chi connectivity index (χ1n) is 7.44. The van der Waals surface area contributed by atoms with Gasteiger partial charge < -0.3 is 5.32 Å². The molecule has 0 amide bonds. The summed E-state index contributed by atoms with van der Waals surface area (Å²) in [7, 11) is -3.55. The number of piperidine rings is 1. The average Bonchev–Trinajstić information content (AvgIpc) is 2.36. The first-order valence-corrected chi connectivity index (χ1v) is 9.30. The topological polar surface area (TPSA) is 58.2 Å². The van der Waals surface area contributed by atoms with Crippen LogP contribution in [0.2, 0.25) is 5.02 Å². The smallest absolute Gasteiger partial charge is 0.242 e. The van der Waals surface area contributed by atoms with E-state index in [-0.39, 0.29) is 21.5 Å². The molecule has 3 rings (SSSR count). The van der Waals surface area contributed by atoms with Gasteiger partial charge in [-0.15, -0.1) is 0 Å². The third-order valence-corrected chi connectivity index (χ3v) is 6.64. The molecule has 6 heteroatoms. The third kappa shape index (κ3) is 3.11. The maximum absolute atomic E-state index is 12.5. The van der Waals surface area contributed by atoms with Crippen molar-refractivity contribution < 1.29 is 8.42 Å². The van der Waals surface area contributed by atoms with Crippen LogP contribution >= 0.6 is 11.6 Å². The quantitative estimate of drug-likeness (QED) is 0.896. The summed E-state index contributed by atoms with van der Waals surface area (Å²) < 4.78 is 27.9. The highest BCUT2D eigenvalue weighted by Gasteiger charge is 2.41. The zero-order chi connectivity index (χ0) is 15.1. The van der Waals surface area contributed by atoms with Crippen LogP contribution in [-0.4, -0.2) is 26.5 Å². The van der Waals surface area contributed by atoms with Crippen molar-refractivity contribution in [2.45, 2.75) is 55.5 Å². The molecule has 116 valence electrons. The van der Waals surface area contributed by atoms with E-state index in [9.17, 15) is 8.42 Å². The largest absolute Gasteiger partial charge is 0.311 e. The number of hydrogen-bond donors (Lipinski definition) is 2. The van der Waals surface area contributed by atoms with Gasteiger partial charge in [0, 0.05) is 11.6 Å². The summed E-state index contributed by atoms with van der Waals surface area (Å²) in [6.45, 7) is 2.76. The van der Waals surface area contributed by atoms with Crippen molar-refractivity contribution in [3.8, 4) is 0 Å². The Labute approximate surface area is 131 Å². The molecule has 1 aromatic rings. The van der Waals surface area contributed by atoms with Gasteiger partial charge in [-0.1, -0.05) is 17.7 Å². The summed E-state index contributed by atoms with van der Waals surface area (Å²) in [6.07, 6.45) is 5.23. The minimum Gasteiger partial charge on any atom is -0.311 e. The van der Waals surface area contributed by atoms with Gasteiger partial charge in [-0.25, -0.2) is 13.1 Å². The van der Waals surface area contributed by atoms with E-state index in [0.717, 1.165) is 37.8 Å².